The van der Waals surface area contributed by atoms with Crippen molar-refractivity contribution in [2.75, 3.05) is 18.2 Å². The molecule has 0 saturated heterocycles. The number of thioether (sulfide) groups is 1. The molecule has 0 atom stereocenters. The molecule has 3 rings (SSSR count). The van der Waals surface area contributed by atoms with E-state index >= 15 is 0 Å². The number of ether oxygens (including phenoxy) is 1. The number of nitrogens with one attached hydrogen (secondary N) is 1. The van der Waals surface area contributed by atoms with Crippen molar-refractivity contribution in [1.29, 1.82) is 0 Å². The molecule has 2 aromatic carbocycles. The number of halogens is 1. The number of nitrogens with zero attached hydrogens (tertiary/aromatic N) is 3. The molecule has 32 heavy (non-hydrogen) atoms. The molecule has 1 amide bonds. The fourth-order valence-electron chi connectivity index (χ4n) is 2.94. The van der Waals surface area contributed by atoms with Crippen LogP contribution in [0, 0.1) is 6.92 Å². The zero-order valence-electron chi connectivity index (χ0n) is 17.8. The molecule has 0 unspecified atom stereocenters. The minimum Gasteiger partial charge on any atom is -0.495 e. The third-order valence-electron chi connectivity index (χ3n) is 4.58. The Balaban J connectivity index is 1.69. The number of amides is 1. The molecule has 11 heteroatoms. The van der Waals surface area contributed by atoms with Crippen molar-refractivity contribution in [1.82, 2.24) is 14.8 Å². The average molecular weight is 495 g/mol. The first-order valence-electron chi connectivity index (χ1n) is 9.71. The normalized spacial score (nSPS) is 11.4. The van der Waals surface area contributed by atoms with Crippen molar-refractivity contribution in [2.45, 2.75) is 36.2 Å². The zero-order valence-corrected chi connectivity index (χ0v) is 20.2. The van der Waals surface area contributed by atoms with Crippen molar-refractivity contribution in [2.24, 2.45) is 0 Å². The molecule has 0 bridgehead atoms. The van der Waals surface area contributed by atoms with Gasteiger partial charge in [0.1, 0.15) is 17.3 Å². The van der Waals surface area contributed by atoms with E-state index in [1.165, 1.54) is 18.9 Å². The number of methoxy groups -OCH3 is 1. The zero-order chi connectivity index (χ0) is 23.3. The summed E-state index contributed by atoms with van der Waals surface area (Å²) in [6.45, 7) is 4.23. The van der Waals surface area contributed by atoms with E-state index in [-0.39, 0.29) is 22.3 Å². The van der Waals surface area contributed by atoms with Gasteiger partial charge in [-0.25, -0.2) is 8.42 Å². The van der Waals surface area contributed by atoms with E-state index in [0.29, 0.717) is 34.0 Å². The molecular formula is C21H23ClN4O4S2. The Morgan fingerprint density at radius 3 is 2.56 bits per heavy atom. The van der Waals surface area contributed by atoms with E-state index in [0.717, 1.165) is 5.56 Å². The van der Waals surface area contributed by atoms with Crippen LogP contribution in [-0.4, -0.2) is 42.0 Å². The van der Waals surface area contributed by atoms with E-state index < -0.39 is 9.84 Å². The topological polar surface area (TPSA) is 103 Å². The SMILES string of the molecule is CCn1c(CS(=O)(=O)c2ccc(C)cc2)nnc1SCC(=O)Nc1cc(Cl)ccc1OC. The van der Waals surface area contributed by atoms with Crippen LogP contribution in [0.3, 0.4) is 0 Å². The van der Waals surface area contributed by atoms with Gasteiger partial charge < -0.3 is 14.6 Å². The van der Waals surface area contributed by atoms with Crippen LogP contribution in [0.1, 0.15) is 18.3 Å². The van der Waals surface area contributed by atoms with Crippen LogP contribution in [0.5, 0.6) is 5.75 Å². The van der Waals surface area contributed by atoms with Gasteiger partial charge >= 0.3 is 0 Å². The van der Waals surface area contributed by atoms with Gasteiger partial charge in [0.25, 0.3) is 0 Å². The van der Waals surface area contributed by atoms with E-state index in [1.54, 1.807) is 47.0 Å². The molecule has 0 aliphatic rings. The number of aromatic nitrogens is 3. The lowest BCUT2D eigenvalue weighted by molar-refractivity contribution is -0.113. The van der Waals surface area contributed by atoms with Crippen LogP contribution in [0.2, 0.25) is 5.02 Å². The minimum absolute atomic E-state index is 0.0541. The molecule has 1 heterocycles. The smallest absolute Gasteiger partial charge is 0.234 e. The summed E-state index contributed by atoms with van der Waals surface area (Å²) >= 11 is 7.16. The minimum atomic E-state index is -3.57. The summed E-state index contributed by atoms with van der Waals surface area (Å²) in [6.07, 6.45) is 0. The second-order valence-electron chi connectivity index (χ2n) is 6.90. The summed E-state index contributed by atoms with van der Waals surface area (Å²) in [7, 11) is -2.07. The third-order valence-corrected chi connectivity index (χ3v) is 7.41. The average Bonchev–Trinajstić information content (AvgIpc) is 3.13. The molecule has 3 aromatic rings. The first-order chi connectivity index (χ1) is 15.2. The van der Waals surface area contributed by atoms with Crippen molar-refractivity contribution in [3.63, 3.8) is 0 Å². The Labute approximate surface area is 196 Å². The standard InChI is InChI=1S/C21H23ClN4O4S2/c1-4-26-19(13-32(28,29)16-8-5-14(2)6-9-16)24-25-21(26)31-12-20(27)23-17-11-15(22)7-10-18(17)30-3/h5-11H,4,12-13H2,1-3H3,(H,23,27). The molecule has 0 aliphatic carbocycles. The van der Waals surface area contributed by atoms with Crippen LogP contribution in [0.4, 0.5) is 5.69 Å². The highest BCUT2D eigenvalue weighted by Gasteiger charge is 2.21. The van der Waals surface area contributed by atoms with Crippen LogP contribution >= 0.6 is 23.4 Å². The van der Waals surface area contributed by atoms with Crippen molar-refractivity contribution >= 4 is 44.8 Å². The number of anilines is 1. The fraction of sp³-hybridized carbons (Fsp3) is 0.286. The lowest BCUT2D eigenvalue weighted by atomic mass is 10.2. The van der Waals surface area contributed by atoms with Crippen molar-refractivity contribution < 1.29 is 17.9 Å². The predicted octanol–water partition coefficient (Wildman–Crippen LogP) is 3.97. The molecule has 1 N–H and O–H groups in total. The van der Waals surface area contributed by atoms with Gasteiger partial charge in [0.2, 0.25) is 5.91 Å². The van der Waals surface area contributed by atoms with Gasteiger partial charge in [-0.1, -0.05) is 41.1 Å². The first kappa shape index (κ1) is 24.1. The molecule has 0 fully saturated rings. The largest absolute Gasteiger partial charge is 0.495 e. The van der Waals surface area contributed by atoms with Gasteiger partial charge in [-0.3, -0.25) is 4.79 Å². The van der Waals surface area contributed by atoms with E-state index in [9.17, 15) is 13.2 Å². The number of hydrogen-bond donors (Lipinski definition) is 1. The van der Waals surface area contributed by atoms with Gasteiger partial charge in [-0.2, -0.15) is 0 Å². The summed E-state index contributed by atoms with van der Waals surface area (Å²) in [5.74, 6) is 0.317. The van der Waals surface area contributed by atoms with Gasteiger partial charge in [0.15, 0.2) is 15.0 Å². The predicted molar refractivity (Wildman–Crippen MR) is 125 cm³/mol. The molecule has 0 aliphatic heterocycles. The number of sulfone groups is 1. The molecule has 1 aromatic heterocycles. The molecule has 0 spiro atoms. The monoisotopic (exact) mass is 494 g/mol. The second kappa shape index (κ2) is 10.4. The number of benzene rings is 2. The van der Waals surface area contributed by atoms with Crippen LogP contribution in [-0.2, 0) is 26.9 Å². The van der Waals surface area contributed by atoms with Crippen molar-refractivity contribution in [3.8, 4) is 5.75 Å². The number of aryl methyl sites for hydroxylation is 1. The quantitative estimate of drug-likeness (QED) is 0.449. The highest BCUT2D eigenvalue weighted by molar-refractivity contribution is 7.99. The van der Waals surface area contributed by atoms with Gasteiger partial charge in [0, 0.05) is 11.6 Å². The molecular weight excluding hydrogens is 472 g/mol. The maximum atomic E-state index is 12.8. The number of carbonyl (C=O) groups is 1. The summed E-state index contributed by atoms with van der Waals surface area (Å²) in [5.41, 5.74) is 1.44. The molecule has 0 saturated carbocycles. The van der Waals surface area contributed by atoms with Crippen molar-refractivity contribution in [3.05, 3.63) is 58.9 Å². The Morgan fingerprint density at radius 1 is 1.19 bits per heavy atom. The van der Waals surface area contributed by atoms with Crippen LogP contribution in [0.25, 0.3) is 0 Å². The van der Waals surface area contributed by atoms with Gasteiger partial charge in [0.05, 0.1) is 23.4 Å². The van der Waals surface area contributed by atoms with E-state index in [1.807, 2.05) is 13.8 Å². The van der Waals surface area contributed by atoms with Crippen LogP contribution in [0.15, 0.2) is 52.5 Å². The Kier molecular flexibility index (Phi) is 7.81. The Morgan fingerprint density at radius 2 is 1.91 bits per heavy atom. The van der Waals surface area contributed by atoms with Crippen LogP contribution < -0.4 is 10.1 Å². The van der Waals surface area contributed by atoms with E-state index in [2.05, 4.69) is 15.5 Å². The number of hydrogen-bond acceptors (Lipinski definition) is 7. The molecule has 8 nitrogen and oxygen atoms in total. The lowest BCUT2D eigenvalue weighted by Crippen LogP contribution is -2.15. The first-order valence-corrected chi connectivity index (χ1v) is 12.7. The lowest BCUT2D eigenvalue weighted by Gasteiger charge is -2.11. The highest BCUT2D eigenvalue weighted by Crippen LogP contribution is 2.28. The highest BCUT2D eigenvalue weighted by atomic mass is 35.5. The third kappa shape index (κ3) is 5.81. The summed E-state index contributed by atoms with van der Waals surface area (Å²) in [6, 6.07) is 11.6. The second-order valence-corrected chi connectivity index (χ2v) is 10.3. The summed E-state index contributed by atoms with van der Waals surface area (Å²) in [5, 5.41) is 11.8. The molecule has 170 valence electrons. The fourth-order valence-corrected chi connectivity index (χ4v) is 5.21. The summed E-state index contributed by atoms with van der Waals surface area (Å²) in [4.78, 5) is 12.7. The van der Waals surface area contributed by atoms with E-state index in [4.69, 9.17) is 16.3 Å². The maximum Gasteiger partial charge on any atom is 0.234 e. The van der Waals surface area contributed by atoms with Gasteiger partial charge in [-0.15, -0.1) is 10.2 Å². The number of rotatable bonds is 9. The molecule has 0 radical (unpaired) electrons. The Bertz CT molecular complexity index is 1210. The number of carbonyl (C=O) groups excluding carboxylic acids is 1. The summed E-state index contributed by atoms with van der Waals surface area (Å²) < 4.78 is 32.5. The Hall–Kier alpha value is -2.56. The van der Waals surface area contributed by atoms with Gasteiger partial charge in [-0.05, 0) is 44.2 Å². The maximum absolute atomic E-state index is 12.8.